The zero-order chi connectivity index (χ0) is 32.8. The fourth-order valence-electron chi connectivity index (χ4n) is 8.17. The van der Waals surface area contributed by atoms with Crippen LogP contribution in [-0.4, -0.2) is 55.6 Å². The van der Waals surface area contributed by atoms with Gasteiger partial charge in [-0.1, -0.05) is 60.7 Å². The Kier molecular flexibility index (Phi) is 7.42. The van der Waals surface area contributed by atoms with Crippen LogP contribution in [0.4, 0.5) is 18.9 Å². The van der Waals surface area contributed by atoms with Gasteiger partial charge in [-0.3, -0.25) is 0 Å². The maximum absolute atomic E-state index is 17.5. The van der Waals surface area contributed by atoms with Gasteiger partial charge in [0.15, 0.2) is 17.3 Å². The number of carboxylic acids is 1. The third-order valence-electron chi connectivity index (χ3n) is 10.2. The molecule has 3 heterocycles. The number of benzene rings is 2. The number of hydrogen-bond donors (Lipinski definition) is 1. The first-order valence-electron chi connectivity index (χ1n) is 16.0. The monoisotopic (exact) mass is 633 g/mol. The third-order valence-corrected chi connectivity index (χ3v) is 13.7. The average Bonchev–Trinajstić information content (AvgIpc) is 2.86. The molecule has 2 aromatic carbocycles. The molecule has 0 radical (unpaired) electrons. The summed E-state index contributed by atoms with van der Waals surface area (Å²) < 4.78 is 52.1. The van der Waals surface area contributed by atoms with E-state index in [4.69, 9.17) is 0 Å². The van der Waals surface area contributed by atoms with Crippen molar-refractivity contribution in [2.24, 2.45) is 10.8 Å². The molecular formula is C37H44F3N2O2Si+. The number of nitrogens with zero attached hydrogens (tertiary/aromatic N) is 2. The van der Waals surface area contributed by atoms with Gasteiger partial charge in [0, 0.05) is 42.1 Å². The lowest BCUT2D eigenvalue weighted by Gasteiger charge is -2.42. The van der Waals surface area contributed by atoms with Crippen molar-refractivity contribution in [3.8, 4) is 0 Å². The molecule has 0 unspecified atom stereocenters. The van der Waals surface area contributed by atoms with Gasteiger partial charge in [-0.05, 0) is 68.5 Å². The van der Waals surface area contributed by atoms with Crippen LogP contribution in [0.15, 0.2) is 47.2 Å². The van der Waals surface area contributed by atoms with Crippen molar-refractivity contribution in [1.29, 1.82) is 0 Å². The highest BCUT2D eigenvalue weighted by Crippen LogP contribution is 2.52. The summed E-state index contributed by atoms with van der Waals surface area (Å²) >= 11 is 0. The predicted octanol–water partition coefficient (Wildman–Crippen LogP) is 7.81. The minimum absolute atomic E-state index is 0.328. The molecule has 1 aliphatic carbocycles. The Balaban J connectivity index is 1.75. The first-order valence-corrected chi connectivity index (χ1v) is 19.0. The number of fused-ring (bicyclic) bond motifs is 2. The highest BCUT2D eigenvalue weighted by molar-refractivity contribution is 6.98. The standard InChI is InChI=1S/C37H43F3N2O2Si/c1-36(2,3)34(37(4,5)6)30-31(38)28(29(35(43)44)32(39)33(30)40)27-23-13-11-21(41-15-9-16-41)19-25(23)45(7,8)26-20-22(12-14-24(26)27)42-17-10-18-42/h11-14,19-20,34H,9-10,15-18H2,1-8H3/p+1. The second kappa shape index (κ2) is 10.6. The lowest BCUT2D eigenvalue weighted by Crippen LogP contribution is -2.50. The van der Waals surface area contributed by atoms with Crippen LogP contribution in [0.5, 0.6) is 0 Å². The Bertz CT molecular complexity index is 1740. The molecule has 6 rings (SSSR count). The van der Waals surface area contributed by atoms with Gasteiger partial charge >= 0.3 is 5.97 Å². The lowest BCUT2D eigenvalue weighted by molar-refractivity contribution is -0.582. The molecule has 2 aromatic rings. The van der Waals surface area contributed by atoms with Crippen molar-refractivity contribution < 1.29 is 27.6 Å². The summed E-state index contributed by atoms with van der Waals surface area (Å²) in [5.41, 5.74) is 0.845. The van der Waals surface area contributed by atoms with E-state index in [1.807, 2.05) is 65.8 Å². The van der Waals surface area contributed by atoms with Gasteiger partial charge in [0.05, 0.1) is 6.42 Å². The molecule has 3 aliphatic heterocycles. The van der Waals surface area contributed by atoms with E-state index in [2.05, 4.69) is 34.7 Å². The number of anilines is 1. The first-order chi connectivity index (χ1) is 20.9. The van der Waals surface area contributed by atoms with E-state index < -0.39 is 53.8 Å². The Morgan fingerprint density at radius 1 is 0.933 bits per heavy atom. The Morgan fingerprint density at radius 2 is 1.58 bits per heavy atom. The number of allylic oxidation sites excluding steroid dienone is 5. The topological polar surface area (TPSA) is 43.5 Å². The Labute approximate surface area is 265 Å². The smallest absolute Gasteiger partial charge is 0.339 e. The van der Waals surface area contributed by atoms with Crippen molar-refractivity contribution in [2.75, 3.05) is 31.1 Å². The normalized spacial score (nSPS) is 19.3. The molecule has 0 atom stereocenters. The van der Waals surface area contributed by atoms with E-state index in [9.17, 15) is 9.90 Å². The molecule has 0 bridgehead atoms. The van der Waals surface area contributed by atoms with Gasteiger partial charge in [-0.15, -0.1) is 0 Å². The van der Waals surface area contributed by atoms with Crippen LogP contribution in [-0.2, 0) is 0 Å². The van der Waals surface area contributed by atoms with Crippen LogP contribution in [0.3, 0.4) is 0 Å². The van der Waals surface area contributed by atoms with Gasteiger partial charge in [-0.2, -0.15) is 0 Å². The highest BCUT2D eigenvalue weighted by Gasteiger charge is 2.46. The molecule has 0 saturated carbocycles. The van der Waals surface area contributed by atoms with E-state index >= 15 is 13.2 Å². The summed E-state index contributed by atoms with van der Waals surface area (Å²) in [6, 6.07) is 6.11. The summed E-state index contributed by atoms with van der Waals surface area (Å²) in [5.74, 6) is -6.37. The Hall–Kier alpha value is -3.39. The summed E-state index contributed by atoms with van der Waals surface area (Å²) in [4.78, 5) is 15.1. The second-order valence-corrected chi connectivity index (χ2v) is 20.0. The third kappa shape index (κ3) is 4.95. The SMILES string of the molecule is CC(C)(C)C(c1c(F)c(F)c(C(=O)O)c(C2=C3C=CC(=[N+]4CCC4)C=C3[Si](C)(C)c3cc(N4CCC4)ccc32)c1F)C(C)(C)C. The maximum Gasteiger partial charge on any atom is 0.339 e. The van der Waals surface area contributed by atoms with Crippen molar-refractivity contribution >= 4 is 36.2 Å². The molecule has 1 N–H and O–H groups in total. The summed E-state index contributed by atoms with van der Waals surface area (Å²) in [6.45, 7) is 19.6. The van der Waals surface area contributed by atoms with Gasteiger partial charge in [0.2, 0.25) is 0 Å². The average molecular weight is 634 g/mol. The second-order valence-electron chi connectivity index (χ2n) is 15.7. The first kappa shape index (κ1) is 31.6. The number of hydrogen-bond acceptors (Lipinski definition) is 2. The number of carboxylic acid groups (broad SMARTS) is 1. The van der Waals surface area contributed by atoms with Gasteiger partial charge in [0.1, 0.15) is 32.5 Å². The number of halogens is 3. The van der Waals surface area contributed by atoms with Gasteiger partial charge < -0.3 is 10.0 Å². The molecule has 2 fully saturated rings. The molecule has 0 aromatic heterocycles. The summed E-state index contributed by atoms with van der Waals surface area (Å²) in [7, 11) is -2.43. The van der Waals surface area contributed by atoms with Crippen LogP contribution >= 0.6 is 0 Å². The summed E-state index contributed by atoms with van der Waals surface area (Å²) in [6.07, 6.45) is 8.34. The molecule has 4 aliphatic rings. The van der Waals surface area contributed by atoms with E-state index in [0.29, 0.717) is 16.7 Å². The van der Waals surface area contributed by atoms with Crippen molar-refractivity contribution in [3.63, 3.8) is 0 Å². The molecular weight excluding hydrogens is 589 g/mol. The molecule has 238 valence electrons. The van der Waals surface area contributed by atoms with E-state index in [1.165, 1.54) is 0 Å². The predicted molar refractivity (Wildman–Crippen MR) is 178 cm³/mol. The minimum atomic E-state index is -2.43. The lowest BCUT2D eigenvalue weighted by atomic mass is 9.63. The fourth-order valence-corrected chi connectivity index (χ4v) is 11.2. The van der Waals surface area contributed by atoms with Crippen LogP contribution in [0.2, 0.25) is 13.1 Å². The highest BCUT2D eigenvalue weighted by atomic mass is 28.3. The molecule has 0 spiro atoms. The quantitative estimate of drug-likeness (QED) is 0.212. The molecule has 0 amide bonds. The maximum atomic E-state index is 17.5. The van der Waals surface area contributed by atoms with Crippen molar-refractivity contribution in [3.05, 3.63) is 86.9 Å². The van der Waals surface area contributed by atoms with Gasteiger partial charge in [0.25, 0.3) is 0 Å². The number of rotatable bonds is 4. The number of carbonyl (C=O) groups is 1. The Morgan fingerprint density at radius 3 is 2.09 bits per heavy atom. The van der Waals surface area contributed by atoms with E-state index in [0.717, 1.165) is 60.8 Å². The molecule has 8 heteroatoms. The molecule has 45 heavy (non-hydrogen) atoms. The summed E-state index contributed by atoms with van der Waals surface area (Å²) in [5, 5.41) is 12.5. The van der Waals surface area contributed by atoms with Gasteiger partial charge in [-0.25, -0.2) is 22.5 Å². The van der Waals surface area contributed by atoms with Crippen LogP contribution in [0, 0.1) is 28.3 Å². The minimum Gasteiger partial charge on any atom is -0.478 e. The fraction of sp³-hybridized carbons (Fsp3) is 0.459. The van der Waals surface area contributed by atoms with Crippen LogP contribution in [0.25, 0.3) is 5.57 Å². The van der Waals surface area contributed by atoms with E-state index in [1.54, 1.807) is 0 Å². The molecule has 4 nitrogen and oxygen atoms in total. The number of aromatic carboxylic acids is 1. The largest absolute Gasteiger partial charge is 0.478 e. The zero-order valence-corrected chi connectivity index (χ0v) is 28.7. The van der Waals surface area contributed by atoms with E-state index in [-0.39, 0.29) is 11.1 Å². The van der Waals surface area contributed by atoms with Crippen molar-refractivity contribution in [2.45, 2.75) is 73.4 Å². The zero-order valence-electron chi connectivity index (χ0n) is 27.7. The van der Waals surface area contributed by atoms with Crippen LogP contribution in [0.1, 0.15) is 87.4 Å². The van der Waals surface area contributed by atoms with Crippen molar-refractivity contribution in [1.82, 2.24) is 0 Å². The molecule has 2 saturated heterocycles. The van der Waals surface area contributed by atoms with Crippen LogP contribution < -0.4 is 10.1 Å².